The number of carbonyl (C=O) groups excluding carboxylic acids is 1. The average molecular weight is 280 g/mol. The van der Waals surface area contributed by atoms with Crippen LogP contribution in [0.4, 0.5) is 17.6 Å². The van der Waals surface area contributed by atoms with Crippen LogP contribution in [0.5, 0.6) is 0 Å². The third-order valence-corrected chi connectivity index (χ3v) is 2.12. The zero-order valence-electron chi connectivity index (χ0n) is 9.55. The smallest absolute Gasteiger partial charge is 0.417 e. The molecule has 0 unspecified atom stereocenters. The van der Waals surface area contributed by atoms with Crippen molar-refractivity contribution in [1.29, 1.82) is 0 Å². The second-order valence-electron chi connectivity index (χ2n) is 3.40. The normalized spacial score (nSPS) is 11.2. The Morgan fingerprint density at radius 1 is 1.32 bits per heavy atom. The average Bonchev–Trinajstić information content (AvgIpc) is 2.26. The minimum absolute atomic E-state index is 0.109. The standard InChI is InChI=1S/C11H8F4O4/c1-2-19-10(18)5-3-6(11(13,14)15)8(9(16)17)7(12)4-5/h3-4H,2H2,1H3,(H,16,17). The van der Waals surface area contributed by atoms with Gasteiger partial charge >= 0.3 is 18.1 Å². The molecule has 1 N–H and O–H groups in total. The van der Waals surface area contributed by atoms with E-state index >= 15 is 0 Å². The Morgan fingerprint density at radius 3 is 2.32 bits per heavy atom. The van der Waals surface area contributed by atoms with E-state index < -0.39 is 40.6 Å². The lowest BCUT2D eigenvalue weighted by Gasteiger charge is -2.12. The fraction of sp³-hybridized carbons (Fsp3) is 0.273. The van der Waals surface area contributed by atoms with Crippen molar-refractivity contribution >= 4 is 11.9 Å². The summed E-state index contributed by atoms with van der Waals surface area (Å²) in [7, 11) is 0. The molecule has 0 aliphatic carbocycles. The van der Waals surface area contributed by atoms with Crippen LogP contribution in [0.3, 0.4) is 0 Å². The SMILES string of the molecule is CCOC(=O)c1cc(F)c(C(=O)O)c(C(F)(F)F)c1. The van der Waals surface area contributed by atoms with E-state index in [9.17, 15) is 27.2 Å². The lowest BCUT2D eigenvalue weighted by atomic mass is 10.0. The summed E-state index contributed by atoms with van der Waals surface area (Å²) < 4.78 is 55.7. The Hall–Kier alpha value is -2.12. The molecule has 0 saturated carbocycles. The van der Waals surface area contributed by atoms with Gasteiger partial charge in [0.25, 0.3) is 0 Å². The van der Waals surface area contributed by atoms with Crippen LogP contribution in [0.2, 0.25) is 0 Å². The molecule has 0 radical (unpaired) electrons. The molecule has 0 amide bonds. The summed E-state index contributed by atoms with van der Waals surface area (Å²) in [6.45, 7) is 1.31. The van der Waals surface area contributed by atoms with Gasteiger partial charge in [-0.05, 0) is 19.1 Å². The van der Waals surface area contributed by atoms with E-state index in [1.165, 1.54) is 6.92 Å². The van der Waals surface area contributed by atoms with Crippen LogP contribution in [0.25, 0.3) is 0 Å². The Labute approximate surface area is 104 Å². The molecule has 0 aliphatic rings. The number of ether oxygens (including phenoxy) is 1. The van der Waals surface area contributed by atoms with E-state index in [1.807, 2.05) is 0 Å². The van der Waals surface area contributed by atoms with E-state index in [0.717, 1.165) is 0 Å². The fourth-order valence-electron chi connectivity index (χ4n) is 1.38. The van der Waals surface area contributed by atoms with E-state index in [1.54, 1.807) is 0 Å². The number of hydrogen-bond donors (Lipinski definition) is 1. The maximum atomic E-state index is 13.4. The molecule has 0 heterocycles. The number of hydrogen-bond acceptors (Lipinski definition) is 3. The molecule has 8 heteroatoms. The monoisotopic (exact) mass is 280 g/mol. The number of aromatic carboxylic acids is 1. The van der Waals surface area contributed by atoms with Crippen molar-refractivity contribution < 1.29 is 37.0 Å². The van der Waals surface area contributed by atoms with Crippen molar-refractivity contribution in [2.75, 3.05) is 6.61 Å². The molecule has 0 aliphatic heterocycles. The fourth-order valence-corrected chi connectivity index (χ4v) is 1.38. The van der Waals surface area contributed by atoms with Crippen molar-refractivity contribution in [3.63, 3.8) is 0 Å². The third kappa shape index (κ3) is 3.21. The maximum Gasteiger partial charge on any atom is 0.417 e. The second-order valence-corrected chi connectivity index (χ2v) is 3.40. The lowest BCUT2D eigenvalue weighted by molar-refractivity contribution is -0.138. The molecule has 1 aromatic rings. The molecule has 19 heavy (non-hydrogen) atoms. The van der Waals surface area contributed by atoms with Crippen molar-refractivity contribution in [3.8, 4) is 0 Å². The molecule has 1 aromatic carbocycles. The summed E-state index contributed by atoms with van der Waals surface area (Å²) in [4.78, 5) is 21.9. The minimum Gasteiger partial charge on any atom is -0.478 e. The quantitative estimate of drug-likeness (QED) is 0.683. The first-order valence-electron chi connectivity index (χ1n) is 4.99. The Kier molecular flexibility index (Phi) is 4.13. The number of esters is 1. The van der Waals surface area contributed by atoms with Crippen molar-refractivity contribution in [2.24, 2.45) is 0 Å². The number of carboxylic acids is 1. The number of rotatable bonds is 3. The van der Waals surface area contributed by atoms with Gasteiger partial charge in [0.2, 0.25) is 0 Å². The van der Waals surface area contributed by atoms with Crippen LogP contribution in [-0.2, 0) is 10.9 Å². The highest BCUT2D eigenvalue weighted by molar-refractivity contribution is 5.94. The van der Waals surface area contributed by atoms with E-state index in [4.69, 9.17) is 5.11 Å². The first kappa shape index (κ1) is 14.9. The predicted octanol–water partition coefficient (Wildman–Crippen LogP) is 2.72. The zero-order valence-corrected chi connectivity index (χ0v) is 9.55. The van der Waals surface area contributed by atoms with Crippen molar-refractivity contribution in [2.45, 2.75) is 13.1 Å². The van der Waals surface area contributed by atoms with Crippen LogP contribution in [0.1, 0.15) is 33.2 Å². The molecule has 4 nitrogen and oxygen atoms in total. The summed E-state index contributed by atoms with van der Waals surface area (Å²) in [5.41, 5.74) is -3.96. The number of halogens is 4. The topological polar surface area (TPSA) is 63.6 Å². The summed E-state index contributed by atoms with van der Waals surface area (Å²) in [6.07, 6.45) is -5.10. The molecule has 1 rings (SSSR count). The second kappa shape index (κ2) is 5.25. The van der Waals surface area contributed by atoms with Gasteiger partial charge in [0.05, 0.1) is 17.7 Å². The maximum absolute atomic E-state index is 13.4. The van der Waals surface area contributed by atoms with Gasteiger partial charge < -0.3 is 9.84 Å². The van der Waals surface area contributed by atoms with Crippen LogP contribution in [0, 0.1) is 5.82 Å². The molecule has 0 saturated heterocycles. The number of alkyl halides is 3. The third-order valence-electron chi connectivity index (χ3n) is 2.12. The molecular weight excluding hydrogens is 272 g/mol. The van der Waals surface area contributed by atoms with Crippen molar-refractivity contribution in [3.05, 3.63) is 34.6 Å². The lowest BCUT2D eigenvalue weighted by Crippen LogP contribution is -2.17. The number of carbonyl (C=O) groups is 2. The summed E-state index contributed by atoms with van der Waals surface area (Å²) >= 11 is 0. The van der Waals surface area contributed by atoms with Gasteiger partial charge in [-0.1, -0.05) is 0 Å². The summed E-state index contributed by atoms with van der Waals surface area (Å²) in [5.74, 6) is -4.88. The molecule has 0 spiro atoms. The van der Waals surface area contributed by atoms with Gasteiger partial charge in [-0.3, -0.25) is 0 Å². The van der Waals surface area contributed by atoms with Gasteiger partial charge in [0, 0.05) is 0 Å². The zero-order chi connectivity index (χ0) is 14.8. The van der Waals surface area contributed by atoms with Gasteiger partial charge in [-0.15, -0.1) is 0 Å². The van der Waals surface area contributed by atoms with Gasteiger partial charge in [0.1, 0.15) is 11.4 Å². The molecular formula is C11H8F4O4. The van der Waals surface area contributed by atoms with Gasteiger partial charge in [-0.2, -0.15) is 13.2 Å². The van der Waals surface area contributed by atoms with E-state index in [2.05, 4.69) is 4.74 Å². The van der Waals surface area contributed by atoms with Crippen molar-refractivity contribution in [1.82, 2.24) is 0 Å². The first-order valence-corrected chi connectivity index (χ1v) is 4.99. The highest BCUT2D eigenvalue weighted by atomic mass is 19.4. The minimum atomic E-state index is -5.10. The number of benzene rings is 1. The highest BCUT2D eigenvalue weighted by Crippen LogP contribution is 2.34. The predicted molar refractivity (Wildman–Crippen MR) is 54.3 cm³/mol. The van der Waals surface area contributed by atoms with E-state index in [-0.39, 0.29) is 12.7 Å². The summed E-state index contributed by atoms with van der Waals surface area (Å²) in [5, 5.41) is 8.59. The summed E-state index contributed by atoms with van der Waals surface area (Å²) in [6, 6.07) is 0.654. The van der Waals surface area contributed by atoms with Crippen LogP contribution in [-0.4, -0.2) is 23.7 Å². The number of carboxylic acid groups (broad SMARTS) is 1. The Bertz CT molecular complexity index is 522. The molecule has 0 bridgehead atoms. The molecule has 0 fully saturated rings. The largest absolute Gasteiger partial charge is 0.478 e. The van der Waals surface area contributed by atoms with Crippen LogP contribution >= 0.6 is 0 Å². The molecule has 104 valence electrons. The van der Waals surface area contributed by atoms with Crippen LogP contribution in [0.15, 0.2) is 12.1 Å². The van der Waals surface area contributed by atoms with E-state index in [0.29, 0.717) is 6.07 Å². The Morgan fingerprint density at radius 2 is 1.89 bits per heavy atom. The van der Waals surface area contributed by atoms with Gasteiger partial charge in [-0.25, -0.2) is 14.0 Å². The van der Waals surface area contributed by atoms with Crippen LogP contribution < -0.4 is 0 Å². The first-order chi connectivity index (χ1) is 8.68. The van der Waals surface area contributed by atoms with Gasteiger partial charge in [0.15, 0.2) is 0 Å². The molecule has 0 aromatic heterocycles. The molecule has 0 atom stereocenters. The Balaban J connectivity index is 3.48. The highest BCUT2D eigenvalue weighted by Gasteiger charge is 2.38.